The number of para-hydroxylation sites is 1. The third-order valence-electron chi connectivity index (χ3n) is 4.74. The Hall–Kier alpha value is -1.90. The minimum Gasteiger partial charge on any atom is -0.419 e. The Morgan fingerprint density at radius 2 is 1.68 bits per heavy atom. The number of benzene rings is 2. The quantitative estimate of drug-likeness (QED) is 0.722. The van der Waals surface area contributed by atoms with E-state index in [1.165, 1.54) is 6.42 Å². The standard InChI is InChI=1S/C20H23O4P/c1-15-11-13-17(14-12-15)20(21)25(22,23)24-19-10-6-5-9-18(19)16-7-3-2-4-8-16/h5-6,9-14,16H,2-4,7-8H2,1H3,(H,22,23). The summed E-state index contributed by atoms with van der Waals surface area (Å²) in [7, 11) is -4.46. The lowest BCUT2D eigenvalue weighted by molar-refractivity contribution is 0.104. The Bertz CT molecular complexity index is 792. The summed E-state index contributed by atoms with van der Waals surface area (Å²) < 4.78 is 18.0. The van der Waals surface area contributed by atoms with Crippen molar-refractivity contribution in [3.05, 3.63) is 65.2 Å². The summed E-state index contributed by atoms with van der Waals surface area (Å²) in [4.78, 5) is 22.7. The summed E-state index contributed by atoms with van der Waals surface area (Å²) in [6.07, 6.45) is 5.62. The molecule has 0 spiro atoms. The van der Waals surface area contributed by atoms with Crippen molar-refractivity contribution in [3.8, 4) is 5.75 Å². The molecular formula is C20H23O4P. The normalized spacial score (nSPS) is 17.7. The first kappa shape index (κ1) is 17.9. The second kappa shape index (κ2) is 7.55. The first-order chi connectivity index (χ1) is 12.0. The lowest BCUT2D eigenvalue weighted by Crippen LogP contribution is -2.09. The smallest absolute Gasteiger partial charge is 0.419 e. The van der Waals surface area contributed by atoms with Crippen LogP contribution in [0.15, 0.2) is 48.5 Å². The molecule has 0 bridgehead atoms. The zero-order valence-corrected chi connectivity index (χ0v) is 15.2. The monoisotopic (exact) mass is 358 g/mol. The lowest BCUT2D eigenvalue weighted by Gasteiger charge is -2.24. The van der Waals surface area contributed by atoms with Crippen LogP contribution < -0.4 is 4.52 Å². The summed E-state index contributed by atoms with van der Waals surface area (Å²) >= 11 is 0. The zero-order valence-electron chi connectivity index (χ0n) is 14.4. The van der Waals surface area contributed by atoms with Crippen molar-refractivity contribution in [2.45, 2.75) is 44.9 Å². The molecule has 0 aliphatic heterocycles. The molecule has 0 saturated heterocycles. The van der Waals surface area contributed by atoms with Crippen LogP contribution in [0.2, 0.25) is 0 Å². The van der Waals surface area contributed by atoms with Gasteiger partial charge in [-0.15, -0.1) is 0 Å². The molecule has 1 aliphatic carbocycles. The maximum atomic E-state index is 12.6. The zero-order chi connectivity index (χ0) is 17.9. The van der Waals surface area contributed by atoms with Crippen molar-refractivity contribution in [2.24, 2.45) is 0 Å². The minimum absolute atomic E-state index is 0.187. The molecule has 1 atom stereocenters. The van der Waals surface area contributed by atoms with E-state index >= 15 is 0 Å². The van der Waals surface area contributed by atoms with E-state index in [1.54, 1.807) is 36.4 Å². The molecule has 2 aromatic carbocycles. The fourth-order valence-corrected chi connectivity index (χ4v) is 4.34. The molecular weight excluding hydrogens is 335 g/mol. The number of hydrogen-bond acceptors (Lipinski definition) is 3. The molecule has 2 aromatic rings. The molecule has 25 heavy (non-hydrogen) atoms. The molecule has 1 unspecified atom stereocenters. The van der Waals surface area contributed by atoms with E-state index < -0.39 is 13.1 Å². The molecule has 4 nitrogen and oxygen atoms in total. The second-order valence-corrected chi connectivity index (χ2v) is 8.29. The highest BCUT2D eigenvalue weighted by Gasteiger charge is 2.34. The fourth-order valence-electron chi connectivity index (χ4n) is 3.35. The van der Waals surface area contributed by atoms with Gasteiger partial charge in [0.2, 0.25) is 0 Å². The number of carbonyl (C=O) groups excluding carboxylic acids is 1. The van der Waals surface area contributed by atoms with Crippen LogP contribution in [0.5, 0.6) is 5.75 Å². The molecule has 3 rings (SSSR count). The van der Waals surface area contributed by atoms with Crippen LogP contribution in [0, 0.1) is 6.92 Å². The van der Waals surface area contributed by atoms with Crippen molar-refractivity contribution < 1.29 is 18.8 Å². The summed E-state index contributed by atoms with van der Waals surface area (Å²) in [6.45, 7) is 1.89. The van der Waals surface area contributed by atoms with Gasteiger partial charge in [-0.1, -0.05) is 67.3 Å². The SMILES string of the molecule is Cc1ccc(C(=O)P(=O)(O)Oc2ccccc2C2CCCCC2)cc1. The molecule has 1 N–H and O–H groups in total. The average molecular weight is 358 g/mol. The van der Waals surface area contributed by atoms with Crippen molar-refractivity contribution in [1.82, 2.24) is 0 Å². The Kier molecular flexibility index (Phi) is 5.41. The molecule has 1 aliphatic rings. The van der Waals surface area contributed by atoms with Gasteiger partial charge in [0.15, 0.2) is 0 Å². The van der Waals surface area contributed by atoms with Gasteiger partial charge in [0.05, 0.1) is 0 Å². The first-order valence-corrected chi connectivity index (χ1v) is 10.3. The molecule has 0 radical (unpaired) electrons. The molecule has 5 heteroatoms. The molecule has 1 saturated carbocycles. The van der Waals surface area contributed by atoms with Gasteiger partial charge in [-0.3, -0.25) is 4.79 Å². The molecule has 0 amide bonds. The van der Waals surface area contributed by atoms with E-state index in [2.05, 4.69) is 0 Å². The molecule has 0 heterocycles. The molecule has 0 aromatic heterocycles. The van der Waals surface area contributed by atoms with Crippen LogP contribution in [-0.4, -0.2) is 10.4 Å². The van der Waals surface area contributed by atoms with E-state index in [4.69, 9.17) is 4.52 Å². The van der Waals surface area contributed by atoms with Gasteiger partial charge in [0, 0.05) is 5.56 Å². The van der Waals surface area contributed by atoms with Crippen LogP contribution in [0.25, 0.3) is 0 Å². The van der Waals surface area contributed by atoms with Crippen LogP contribution in [0.1, 0.15) is 59.5 Å². The van der Waals surface area contributed by atoms with Gasteiger partial charge < -0.3 is 9.42 Å². The Balaban J connectivity index is 1.84. The van der Waals surface area contributed by atoms with E-state index in [0.29, 0.717) is 11.7 Å². The number of rotatable bonds is 5. The van der Waals surface area contributed by atoms with Gasteiger partial charge in [0.1, 0.15) is 5.75 Å². The highest BCUT2D eigenvalue weighted by atomic mass is 31.2. The maximum absolute atomic E-state index is 12.6. The van der Waals surface area contributed by atoms with E-state index in [9.17, 15) is 14.3 Å². The van der Waals surface area contributed by atoms with Crippen LogP contribution >= 0.6 is 7.60 Å². The van der Waals surface area contributed by atoms with E-state index in [0.717, 1.165) is 36.8 Å². The topological polar surface area (TPSA) is 63.6 Å². The van der Waals surface area contributed by atoms with Crippen molar-refractivity contribution in [2.75, 3.05) is 0 Å². The fraction of sp³-hybridized carbons (Fsp3) is 0.350. The molecule has 1 fully saturated rings. The average Bonchev–Trinajstić information content (AvgIpc) is 2.63. The minimum atomic E-state index is -4.46. The van der Waals surface area contributed by atoms with E-state index in [-0.39, 0.29) is 5.56 Å². The third kappa shape index (κ3) is 4.20. The molecule has 132 valence electrons. The summed E-state index contributed by atoms with van der Waals surface area (Å²) in [5, 5.41) is 0. The first-order valence-electron chi connectivity index (χ1n) is 8.70. The van der Waals surface area contributed by atoms with Crippen LogP contribution in [0.4, 0.5) is 0 Å². The predicted molar refractivity (Wildman–Crippen MR) is 98.2 cm³/mol. The van der Waals surface area contributed by atoms with Crippen molar-refractivity contribution in [3.63, 3.8) is 0 Å². The highest BCUT2D eigenvalue weighted by Crippen LogP contribution is 2.48. The summed E-state index contributed by atoms with van der Waals surface area (Å²) in [6, 6.07) is 13.9. The van der Waals surface area contributed by atoms with Crippen LogP contribution in [0.3, 0.4) is 0 Å². The predicted octanol–water partition coefficient (Wildman–Crippen LogP) is 5.45. The van der Waals surface area contributed by atoms with Gasteiger partial charge in [-0.25, -0.2) is 4.57 Å². The Labute approximate surface area is 148 Å². The largest absolute Gasteiger partial charge is 0.448 e. The Morgan fingerprint density at radius 1 is 1.04 bits per heavy atom. The third-order valence-corrected chi connectivity index (χ3v) is 5.96. The van der Waals surface area contributed by atoms with Crippen molar-refractivity contribution >= 4 is 13.1 Å². The summed E-state index contributed by atoms with van der Waals surface area (Å²) in [5.74, 6) is 0.667. The number of aryl methyl sites for hydroxylation is 1. The maximum Gasteiger partial charge on any atom is 0.448 e. The van der Waals surface area contributed by atoms with Gasteiger partial charge in [-0.2, -0.15) is 0 Å². The van der Waals surface area contributed by atoms with Gasteiger partial charge >= 0.3 is 7.60 Å². The lowest BCUT2D eigenvalue weighted by atomic mass is 9.84. The van der Waals surface area contributed by atoms with Crippen molar-refractivity contribution in [1.29, 1.82) is 0 Å². The van der Waals surface area contributed by atoms with Gasteiger partial charge in [0.25, 0.3) is 5.52 Å². The highest BCUT2D eigenvalue weighted by molar-refractivity contribution is 7.72. The second-order valence-electron chi connectivity index (χ2n) is 6.66. The Morgan fingerprint density at radius 3 is 2.36 bits per heavy atom. The van der Waals surface area contributed by atoms with Crippen LogP contribution in [-0.2, 0) is 4.57 Å². The van der Waals surface area contributed by atoms with E-state index in [1.807, 2.05) is 19.1 Å². The number of carbonyl (C=O) groups is 1. The number of hydrogen-bond donors (Lipinski definition) is 1. The van der Waals surface area contributed by atoms with Gasteiger partial charge in [-0.05, 0) is 37.3 Å². The summed E-state index contributed by atoms with van der Waals surface area (Å²) in [5.41, 5.74) is 1.22.